The number of para-hydroxylation sites is 2. The molecule has 144 valence electrons. The van der Waals surface area contributed by atoms with E-state index in [0.29, 0.717) is 11.3 Å². The number of methoxy groups -OCH3 is 1. The Hall–Kier alpha value is -3.07. The summed E-state index contributed by atoms with van der Waals surface area (Å²) in [6.07, 6.45) is -1.14. The number of esters is 1. The Balaban J connectivity index is 2.35. The van der Waals surface area contributed by atoms with Gasteiger partial charge in [-0.05, 0) is 43.7 Å². The number of primary amides is 1. The lowest BCUT2D eigenvalue weighted by molar-refractivity contribution is -0.125. The van der Waals surface area contributed by atoms with Crippen LogP contribution in [0.1, 0.15) is 22.8 Å². The van der Waals surface area contributed by atoms with Gasteiger partial charge in [0.1, 0.15) is 5.75 Å². The molecule has 0 aliphatic rings. The van der Waals surface area contributed by atoms with Crippen molar-refractivity contribution >= 4 is 27.6 Å². The molecular formula is C18H20N2O6S. The smallest absolute Gasteiger partial charge is 0.339 e. The number of nitrogens with one attached hydrogen (secondary N) is 1. The highest BCUT2D eigenvalue weighted by Gasteiger charge is 2.22. The van der Waals surface area contributed by atoms with Gasteiger partial charge in [-0.2, -0.15) is 0 Å². The second-order valence-corrected chi connectivity index (χ2v) is 7.41. The van der Waals surface area contributed by atoms with Crippen molar-refractivity contribution in [3.63, 3.8) is 0 Å². The number of carbonyl (C=O) groups is 2. The molecule has 8 nitrogen and oxygen atoms in total. The minimum Gasteiger partial charge on any atom is -0.495 e. The van der Waals surface area contributed by atoms with Gasteiger partial charge in [-0.25, -0.2) is 13.2 Å². The van der Waals surface area contributed by atoms with E-state index in [1.807, 2.05) is 0 Å². The van der Waals surface area contributed by atoms with Crippen molar-refractivity contribution in [2.45, 2.75) is 24.8 Å². The zero-order valence-corrected chi connectivity index (χ0v) is 15.9. The van der Waals surface area contributed by atoms with Crippen molar-refractivity contribution in [3.05, 3.63) is 53.6 Å². The van der Waals surface area contributed by atoms with E-state index in [-0.39, 0.29) is 16.1 Å². The molecular weight excluding hydrogens is 372 g/mol. The van der Waals surface area contributed by atoms with E-state index in [4.69, 9.17) is 15.2 Å². The molecule has 3 N–H and O–H groups in total. The Kier molecular flexibility index (Phi) is 6.06. The zero-order chi connectivity index (χ0) is 20.2. The number of rotatable bonds is 7. The third kappa shape index (κ3) is 4.76. The van der Waals surface area contributed by atoms with Gasteiger partial charge in [-0.15, -0.1) is 0 Å². The van der Waals surface area contributed by atoms with Crippen LogP contribution in [0.5, 0.6) is 5.75 Å². The second kappa shape index (κ2) is 8.09. The topological polar surface area (TPSA) is 125 Å². The molecule has 27 heavy (non-hydrogen) atoms. The summed E-state index contributed by atoms with van der Waals surface area (Å²) in [6, 6.07) is 10.5. The summed E-state index contributed by atoms with van der Waals surface area (Å²) >= 11 is 0. The maximum atomic E-state index is 12.7. The third-order valence-corrected chi connectivity index (χ3v) is 5.14. The van der Waals surface area contributed by atoms with Crippen LogP contribution in [0.3, 0.4) is 0 Å². The van der Waals surface area contributed by atoms with Crippen molar-refractivity contribution in [2.24, 2.45) is 5.73 Å². The Labute approximate surface area is 157 Å². The van der Waals surface area contributed by atoms with Crippen LogP contribution in [-0.4, -0.2) is 33.5 Å². The third-order valence-electron chi connectivity index (χ3n) is 3.78. The summed E-state index contributed by atoms with van der Waals surface area (Å²) < 4.78 is 37.9. The first kappa shape index (κ1) is 20.2. The lowest BCUT2D eigenvalue weighted by atomic mass is 10.1. The van der Waals surface area contributed by atoms with E-state index in [9.17, 15) is 18.0 Å². The molecule has 0 saturated heterocycles. The number of aryl methyl sites for hydroxylation is 1. The Morgan fingerprint density at radius 3 is 2.44 bits per heavy atom. The van der Waals surface area contributed by atoms with E-state index in [2.05, 4.69) is 4.72 Å². The predicted octanol–water partition coefficient (Wildman–Crippen LogP) is 1.84. The maximum Gasteiger partial charge on any atom is 0.339 e. The Morgan fingerprint density at radius 1 is 1.15 bits per heavy atom. The zero-order valence-electron chi connectivity index (χ0n) is 15.1. The normalized spacial score (nSPS) is 12.1. The molecule has 1 atom stereocenters. The van der Waals surface area contributed by atoms with Gasteiger partial charge in [-0.3, -0.25) is 9.52 Å². The van der Waals surface area contributed by atoms with Gasteiger partial charge in [0.25, 0.3) is 15.9 Å². The van der Waals surface area contributed by atoms with Gasteiger partial charge in [0, 0.05) is 0 Å². The molecule has 1 unspecified atom stereocenters. The second-order valence-electron chi connectivity index (χ2n) is 5.73. The highest BCUT2D eigenvalue weighted by Crippen LogP contribution is 2.27. The summed E-state index contributed by atoms with van der Waals surface area (Å²) in [5.41, 5.74) is 5.85. The van der Waals surface area contributed by atoms with Gasteiger partial charge in [0.15, 0.2) is 6.10 Å². The Morgan fingerprint density at radius 2 is 1.81 bits per heavy atom. The fourth-order valence-corrected chi connectivity index (χ4v) is 3.30. The van der Waals surface area contributed by atoms with Crippen LogP contribution in [0.15, 0.2) is 47.4 Å². The van der Waals surface area contributed by atoms with E-state index < -0.39 is 28.0 Å². The fourth-order valence-electron chi connectivity index (χ4n) is 2.20. The number of hydrogen-bond donors (Lipinski definition) is 2. The number of hydrogen-bond acceptors (Lipinski definition) is 6. The molecule has 9 heteroatoms. The quantitative estimate of drug-likeness (QED) is 0.693. The average molecular weight is 392 g/mol. The Bertz CT molecular complexity index is 972. The van der Waals surface area contributed by atoms with E-state index in [1.165, 1.54) is 32.2 Å². The predicted molar refractivity (Wildman–Crippen MR) is 99.1 cm³/mol. The summed E-state index contributed by atoms with van der Waals surface area (Å²) in [7, 11) is -2.57. The largest absolute Gasteiger partial charge is 0.495 e. The van der Waals surface area contributed by atoms with E-state index >= 15 is 0 Å². The first-order valence-corrected chi connectivity index (χ1v) is 9.41. The van der Waals surface area contributed by atoms with Crippen molar-refractivity contribution in [1.29, 1.82) is 0 Å². The van der Waals surface area contributed by atoms with Crippen molar-refractivity contribution in [2.75, 3.05) is 11.8 Å². The molecule has 0 spiro atoms. The summed E-state index contributed by atoms with van der Waals surface area (Å²) in [5, 5.41) is 0. The number of carbonyl (C=O) groups excluding carboxylic acids is 2. The van der Waals surface area contributed by atoms with Crippen LogP contribution in [0.4, 0.5) is 5.69 Å². The van der Waals surface area contributed by atoms with Crippen LogP contribution in [0.2, 0.25) is 0 Å². The lowest BCUT2D eigenvalue weighted by Gasteiger charge is -2.14. The molecule has 2 aromatic rings. The molecule has 1 amide bonds. The maximum absolute atomic E-state index is 12.7. The number of nitrogens with two attached hydrogens (primary N) is 1. The highest BCUT2D eigenvalue weighted by molar-refractivity contribution is 7.92. The van der Waals surface area contributed by atoms with Gasteiger partial charge in [0.05, 0.1) is 23.3 Å². The lowest BCUT2D eigenvalue weighted by Crippen LogP contribution is -2.30. The molecule has 0 radical (unpaired) electrons. The van der Waals surface area contributed by atoms with Gasteiger partial charge < -0.3 is 15.2 Å². The summed E-state index contributed by atoms with van der Waals surface area (Å²) in [4.78, 5) is 23.2. The molecule has 0 bridgehead atoms. The molecule has 2 aromatic carbocycles. The molecule has 2 rings (SSSR count). The minimum atomic E-state index is -3.99. The molecule has 0 aromatic heterocycles. The van der Waals surface area contributed by atoms with Crippen LogP contribution < -0.4 is 15.2 Å². The van der Waals surface area contributed by atoms with Crippen molar-refractivity contribution in [3.8, 4) is 5.75 Å². The number of ether oxygens (including phenoxy) is 2. The van der Waals surface area contributed by atoms with Gasteiger partial charge in [-0.1, -0.05) is 18.2 Å². The van der Waals surface area contributed by atoms with Crippen LogP contribution in [-0.2, 0) is 19.6 Å². The van der Waals surface area contributed by atoms with E-state index in [0.717, 1.165) is 0 Å². The number of sulfonamides is 1. The SMILES string of the molecule is COc1ccccc1NS(=O)(=O)c1ccc(C)c(C(=O)OC(C)C(N)=O)c1. The van der Waals surface area contributed by atoms with Gasteiger partial charge in [0.2, 0.25) is 0 Å². The monoisotopic (exact) mass is 392 g/mol. The van der Waals surface area contributed by atoms with Gasteiger partial charge >= 0.3 is 5.97 Å². The molecule has 0 heterocycles. The summed E-state index contributed by atoms with van der Waals surface area (Å²) in [5.74, 6) is -1.29. The highest BCUT2D eigenvalue weighted by atomic mass is 32.2. The van der Waals surface area contributed by atoms with E-state index in [1.54, 1.807) is 31.2 Å². The number of amides is 1. The molecule has 0 saturated carbocycles. The van der Waals surface area contributed by atoms with Crippen LogP contribution in [0, 0.1) is 6.92 Å². The fraction of sp³-hybridized carbons (Fsp3) is 0.222. The number of benzene rings is 2. The van der Waals surface area contributed by atoms with Crippen LogP contribution in [0.25, 0.3) is 0 Å². The van der Waals surface area contributed by atoms with Crippen LogP contribution >= 0.6 is 0 Å². The number of anilines is 1. The van der Waals surface area contributed by atoms with Crippen molar-refractivity contribution in [1.82, 2.24) is 0 Å². The standard InChI is InChI=1S/C18H20N2O6S/c1-11-8-9-13(10-14(11)18(22)26-12(2)17(19)21)27(23,24)20-15-6-4-5-7-16(15)25-3/h4-10,12,20H,1-3H3,(H2,19,21). The molecule has 0 aliphatic carbocycles. The first-order valence-electron chi connectivity index (χ1n) is 7.92. The summed E-state index contributed by atoms with van der Waals surface area (Å²) in [6.45, 7) is 2.95. The minimum absolute atomic E-state index is 0.0194. The van der Waals surface area contributed by atoms with Crippen molar-refractivity contribution < 1.29 is 27.5 Å². The molecule has 0 fully saturated rings. The first-order chi connectivity index (χ1) is 12.7. The average Bonchev–Trinajstić information content (AvgIpc) is 2.61. The molecule has 0 aliphatic heterocycles.